The van der Waals surface area contributed by atoms with Crippen molar-refractivity contribution >= 4 is 33.0 Å². The van der Waals surface area contributed by atoms with Gasteiger partial charge in [0, 0.05) is 19.6 Å². The van der Waals surface area contributed by atoms with E-state index in [0.29, 0.717) is 17.4 Å². The average Bonchev–Trinajstić information content (AvgIpc) is 2.83. The van der Waals surface area contributed by atoms with Gasteiger partial charge in [0.25, 0.3) is 0 Å². The Labute approximate surface area is 121 Å². The molecule has 2 N–H and O–H groups in total. The van der Waals surface area contributed by atoms with Crippen molar-refractivity contribution in [2.75, 3.05) is 13.2 Å². The van der Waals surface area contributed by atoms with Crippen molar-refractivity contribution in [3.8, 4) is 0 Å². The number of ether oxygens (including phenoxy) is 1. The number of thiophene rings is 1. The van der Waals surface area contributed by atoms with Gasteiger partial charge in [-0.1, -0.05) is 11.6 Å². The lowest BCUT2D eigenvalue weighted by molar-refractivity contribution is -0.0228. The normalized spacial score (nSPS) is 27.9. The third kappa shape index (κ3) is 3.12. The van der Waals surface area contributed by atoms with Gasteiger partial charge in [-0.05, 0) is 25.5 Å². The second-order valence-electron chi connectivity index (χ2n) is 4.71. The van der Waals surface area contributed by atoms with Crippen LogP contribution < -0.4 is 4.72 Å². The zero-order chi connectivity index (χ0) is 14.3. The van der Waals surface area contributed by atoms with Crippen LogP contribution in [-0.2, 0) is 14.8 Å². The van der Waals surface area contributed by atoms with E-state index in [-0.39, 0.29) is 16.9 Å². The molecule has 1 aliphatic rings. The van der Waals surface area contributed by atoms with Gasteiger partial charge in [0.05, 0.1) is 10.4 Å². The summed E-state index contributed by atoms with van der Waals surface area (Å²) in [5, 5.41) is 10.3. The molecule has 0 radical (unpaired) electrons. The standard InChI is InChI=1S/C11H16ClNO4S2/c1-7-5-9(18-10(7)12)19(15,16)13-6-11(14)3-4-17-8(11)2/h5,8,13-14H,3-4,6H2,1-2H3. The molecule has 0 aromatic carbocycles. The van der Waals surface area contributed by atoms with E-state index in [1.165, 1.54) is 6.07 Å². The Bertz CT molecular complexity index is 552. The Morgan fingerprint density at radius 2 is 2.37 bits per heavy atom. The van der Waals surface area contributed by atoms with E-state index in [2.05, 4.69) is 4.72 Å². The van der Waals surface area contributed by atoms with Gasteiger partial charge < -0.3 is 9.84 Å². The highest BCUT2D eigenvalue weighted by Gasteiger charge is 2.40. The van der Waals surface area contributed by atoms with Crippen LogP contribution in [0.1, 0.15) is 18.9 Å². The average molecular weight is 326 g/mol. The Morgan fingerprint density at radius 3 is 2.84 bits per heavy atom. The van der Waals surface area contributed by atoms with Crippen LogP contribution in [0, 0.1) is 6.92 Å². The van der Waals surface area contributed by atoms with Crippen molar-refractivity contribution in [3.05, 3.63) is 16.0 Å². The molecule has 2 unspecified atom stereocenters. The molecule has 2 heterocycles. The van der Waals surface area contributed by atoms with Crippen LogP contribution >= 0.6 is 22.9 Å². The second kappa shape index (κ2) is 5.31. The number of nitrogens with one attached hydrogen (secondary N) is 1. The van der Waals surface area contributed by atoms with Crippen LogP contribution in [0.3, 0.4) is 0 Å². The third-order valence-corrected chi connectivity index (χ3v) is 6.76. The van der Waals surface area contributed by atoms with Crippen molar-refractivity contribution < 1.29 is 18.3 Å². The van der Waals surface area contributed by atoms with E-state index in [1.54, 1.807) is 13.8 Å². The molecule has 108 valence electrons. The zero-order valence-corrected chi connectivity index (χ0v) is 13.0. The molecule has 1 aliphatic heterocycles. The molecule has 0 saturated carbocycles. The van der Waals surface area contributed by atoms with Gasteiger partial charge in [-0.25, -0.2) is 13.1 Å². The maximum absolute atomic E-state index is 12.1. The number of hydrogen-bond donors (Lipinski definition) is 2. The molecule has 8 heteroatoms. The fourth-order valence-corrected chi connectivity index (χ4v) is 4.71. The molecule has 0 bridgehead atoms. The van der Waals surface area contributed by atoms with Gasteiger partial charge in [0.2, 0.25) is 10.0 Å². The van der Waals surface area contributed by atoms with Gasteiger partial charge in [-0.2, -0.15) is 0 Å². The molecular weight excluding hydrogens is 310 g/mol. The van der Waals surface area contributed by atoms with E-state index in [4.69, 9.17) is 16.3 Å². The first kappa shape index (κ1) is 15.2. The SMILES string of the molecule is Cc1cc(S(=O)(=O)NCC2(O)CCOC2C)sc1Cl. The highest BCUT2D eigenvalue weighted by Crippen LogP contribution is 2.31. The fourth-order valence-electron chi connectivity index (χ4n) is 1.86. The minimum atomic E-state index is -3.64. The summed E-state index contributed by atoms with van der Waals surface area (Å²) in [4.78, 5) is 0. The van der Waals surface area contributed by atoms with Crippen LogP contribution in [-0.4, -0.2) is 38.4 Å². The van der Waals surface area contributed by atoms with Gasteiger partial charge >= 0.3 is 0 Å². The molecule has 0 aliphatic carbocycles. The molecule has 2 atom stereocenters. The largest absolute Gasteiger partial charge is 0.386 e. The molecular formula is C11H16ClNO4S2. The number of aryl methyl sites for hydroxylation is 1. The molecule has 5 nitrogen and oxygen atoms in total. The first-order valence-corrected chi connectivity index (χ1v) is 8.52. The van der Waals surface area contributed by atoms with Crippen LogP contribution in [0.2, 0.25) is 4.34 Å². The minimum Gasteiger partial charge on any atom is -0.386 e. The van der Waals surface area contributed by atoms with Crippen molar-refractivity contribution in [2.24, 2.45) is 0 Å². The quantitative estimate of drug-likeness (QED) is 0.880. The third-order valence-electron chi connectivity index (χ3n) is 3.33. The zero-order valence-electron chi connectivity index (χ0n) is 10.6. The Hall–Kier alpha value is -0.180. The highest BCUT2D eigenvalue weighted by atomic mass is 35.5. The number of aliphatic hydroxyl groups is 1. The second-order valence-corrected chi connectivity index (χ2v) is 8.36. The minimum absolute atomic E-state index is 0.0644. The molecule has 0 amide bonds. The number of hydrogen-bond acceptors (Lipinski definition) is 5. The van der Waals surface area contributed by atoms with Crippen molar-refractivity contribution in [2.45, 2.75) is 36.2 Å². The van der Waals surface area contributed by atoms with Gasteiger partial charge in [0.15, 0.2) is 0 Å². The molecule has 1 fully saturated rings. The number of rotatable bonds is 4. The number of halogens is 1. The lowest BCUT2D eigenvalue weighted by Crippen LogP contribution is -2.47. The summed E-state index contributed by atoms with van der Waals surface area (Å²) in [5.74, 6) is 0. The predicted molar refractivity (Wildman–Crippen MR) is 74.2 cm³/mol. The molecule has 0 spiro atoms. The summed E-state index contributed by atoms with van der Waals surface area (Å²) in [5.41, 5.74) is -0.424. The first-order valence-electron chi connectivity index (χ1n) is 5.84. The monoisotopic (exact) mass is 325 g/mol. The fraction of sp³-hybridized carbons (Fsp3) is 0.636. The topological polar surface area (TPSA) is 75.6 Å². The van der Waals surface area contributed by atoms with E-state index in [9.17, 15) is 13.5 Å². The smallest absolute Gasteiger partial charge is 0.250 e. The van der Waals surface area contributed by atoms with Gasteiger partial charge in [-0.3, -0.25) is 0 Å². The van der Waals surface area contributed by atoms with E-state index >= 15 is 0 Å². The van der Waals surface area contributed by atoms with Crippen molar-refractivity contribution in [1.82, 2.24) is 4.72 Å². The summed E-state index contributed by atoms with van der Waals surface area (Å²) in [6.45, 7) is 3.85. The van der Waals surface area contributed by atoms with Crippen LogP contribution in [0.5, 0.6) is 0 Å². The van der Waals surface area contributed by atoms with E-state index < -0.39 is 15.6 Å². The Kier molecular flexibility index (Phi) is 4.25. The van der Waals surface area contributed by atoms with Crippen LogP contribution in [0.15, 0.2) is 10.3 Å². The van der Waals surface area contributed by atoms with Crippen molar-refractivity contribution in [3.63, 3.8) is 0 Å². The van der Waals surface area contributed by atoms with E-state index in [1.807, 2.05) is 0 Å². The molecule has 19 heavy (non-hydrogen) atoms. The summed E-state index contributed by atoms with van der Waals surface area (Å²) < 4.78 is 32.5. The number of sulfonamides is 1. The molecule has 1 aromatic heterocycles. The Morgan fingerprint density at radius 1 is 1.68 bits per heavy atom. The lowest BCUT2D eigenvalue weighted by Gasteiger charge is -2.25. The summed E-state index contributed by atoms with van der Waals surface area (Å²) in [6, 6.07) is 1.52. The van der Waals surface area contributed by atoms with Crippen molar-refractivity contribution in [1.29, 1.82) is 0 Å². The molecule has 1 saturated heterocycles. The first-order chi connectivity index (χ1) is 8.74. The summed E-state index contributed by atoms with van der Waals surface area (Å²) in [6.07, 6.45) is 0.0323. The molecule has 2 rings (SSSR count). The van der Waals surface area contributed by atoms with E-state index in [0.717, 1.165) is 16.9 Å². The maximum atomic E-state index is 12.1. The maximum Gasteiger partial charge on any atom is 0.250 e. The van der Waals surface area contributed by atoms with Gasteiger partial charge in [0.1, 0.15) is 9.81 Å². The predicted octanol–water partition coefficient (Wildman–Crippen LogP) is 1.53. The van der Waals surface area contributed by atoms with Gasteiger partial charge in [-0.15, -0.1) is 11.3 Å². The Balaban J connectivity index is 2.10. The van der Waals surface area contributed by atoms with Crippen LogP contribution in [0.4, 0.5) is 0 Å². The highest BCUT2D eigenvalue weighted by molar-refractivity contribution is 7.91. The van der Waals surface area contributed by atoms with Crippen LogP contribution in [0.25, 0.3) is 0 Å². The molecule has 1 aromatic rings. The summed E-state index contributed by atoms with van der Waals surface area (Å²) in [7, 11) is -3.64. The lowest BCUT2D eigenvalue weighted by atomic mass is 9.97. The summed E-state index contributed by atoms with van der Waals surface area (Å²) >= 11 is 6.88.